The van der Waals surface area contributed by atoms with E-state index in [4.69, 9.17) is 9.26 Å². The first-order chi connectivity index (χ1) is 16.3. The molecule has 0 unspecified atom stereocenters. The van der Waals surface area contributed by atoms with Crippen LogP contribution < -0.4 is 10.3 Å². The molecule has 2 aromatic carbocycles. The zero-order valence-corrected chi connectivity index (χ0v) is 17.4. The first kappa shape index (κ1) is 21.3. The van der Waals surface area contributed by atoms with Crippen molar-refractivity contribution < 1.29 is 22.4 Å². The van der Waals surface area contributed by atoms with Gasteiger partial charge in [0, 0.05) is 5.56 Å². The lowest BCUT2D eigenvalue weighted by molar-refractivity contribution is -0.137. The maximum absolute atomic E-state index is 13.0. The van der Waals surface area contributed by atoms with E-state index < -0.39 is 17.3 Å². The lowest BCUT2D eigenvalue weighted by Crippen LogP contribution is -2.21. The first-order valence-corrected chi connectivity index (χ1v) is 9.79. The molecule has 0 amide bonds. The molecule has 0 fully saturated rings. The fourth-order valence-electron chi connectivity index (χ4n) is 3.27. The van der Waals surface area contributed by atoms with E-state index in [0.29, 0.717) is 11.4 Å². The topological polar surface area (TPSA) is 114 Å². The van der Waals surface area contributed by atoms with Gasteiger partial charge in [0.05, 0.1) is 18.4 Å². The average Bonchev–Trinajstić information content (AvgIpc) is 3.48. The van der Waals surface area contributed by atoms with Gasteiger partial charge in [-0.2, -0.15) is 22.8 Å². The number of aromatic nitrogens is 7. The van der Waals surface area contributed by atoms with Crippen molar-refractivity contribution in [3.05, 3.63) is 76.7 Å². The van der Waals surface area contributed by atoms with E-state index in [-0.39, 0.29) is 35.0 Å². The van der Waals surface area contributed by atoms with Crippen molar-refractivity contribution >= 4 is 11.2 Å². The maximum atomic E-state index is 13.0. The van der Waals surface area contributed by atoms with Crippen LogP contribution in [0.3, 0.4) is 0 Å². The number of nitrogens with zero attached hydrogens (tertiary/aromatic N) is 7. The number of alkyl halides is 3. The summed E-state index contributed by atoms with van der Waals surface area (Å²) in [5.41, 5.74) is -0.285. The van der Waals surface area contributed by atoms with Gasteiger partial charge in [-0.05, 0) is 36.4 Å². The molecule has 5 aromatic rings. The number of methoxy groups -OCH3 is 1. The second kappa shape index (κ2) is 8.10. The van der Waals surface area contributed by atoms with Crippen molar-refractivity contribution in [1.29, 1.82) is 0 Å². The Balaban J connectivity index is 1.43. The average molecular weight is 469 g/mol. The normalized spacial score (nSPS) is 11.8. The van der Waals surface area contributed by atoms with E-state index >= 15 is 0 Å². The van der Waals surface area contributed by atoms with Gasteiger partial charge in [0.2, 0.25) is 11.7 Å². The molecule has 0 N–H and O–H groups in total. The summed E-state index contributed by atoms with van der Waals surface area (Å²) in [4.78, 5) is 21.3. The third-order valence-electron chi connectivity index (χ3n) is 4.97. The Morgan fingerprint density at radius 3 is 2.65 bits per heavy atom. The Kier molecular flexibility index (Phi) is 5.07. The Morgan fingerprint density at radius 2 is 1.91 bits per heavy atom. The van der Waals surface area contributed by atoms with Gasteiger partial charge in [-0.1, -0.05) is 22.5 Å². The molecule has 172 valence electrons. The van der Waals surface area contributed by atoms with Crippen LogP contribution >= 0.6 is 0 Å². The van der Waals surface area contributed by atoms with E-state index in [1.165, 1.54) is 27.7 Å². The maximum Gasteiger partial charge on any atom is 0.416 e. The smallest absolute Gasteiger partial charge is 0.416 e. The molecular weight excluding hydrogens is 455 g/mol. The minimum atomic E-state index is -4.50. The van der Waals surface area contributed by atoms with Crippen molar-refractivity contribution in [2.24, 2.45) is 0 Å². The van der Waals surface area contributed by atoms with Crippen LogP contribution in [0, 0.1) is 0 Å². The van der Waals surface area contributed by atoms with Gasteiger partial charge in [0.25, 0.3) is 5.56 Å². The van der Waals surface area contributed by atoms with E-state index in [9.17, 15) is 18.0 Å². The number of ether oxygens (including phenoxy) is 1. The minimum Gasteiger partial charge on any atom is -0.497 e. The summed E-state index contributed by atoms with van der Waals surface area (Å²) in [7, 11) is 1.55. The lowest BCUT2D eigenvalue weighted by Gasteiger charge is -2.06. The van der Waals surface area contributed by atoms with Crippen LogP contribution in [-0.2, 0) is 12.7 Å². The molecule has 10 nitrogen and oxygen atoms in total. The largest absolute Gasteiger partial charge is 0.497 e. The van der Waals surface area contributed by atoms with E-state index in [0.717, 1.165) is 12.1 Å². The first-order valence-electron chi connectivity index (χ1n) is 9.79. The zero-order chi connectivity index (χ0) is 23.9. The van der Waals surface area contributed by atoms with Crippen molar-refractivity contribution in [2.45, 2.75) is 12.7 Å². The molecule has 0 atom stereocenters. The van der Waals surface area contributed by atoms with E-state index in [1.807, 2.05) is 0 Å². The molecule has 3 heterocycles. The molecule has 3 aromatic heterocycles. The molecule has 13 heteroatoms. The molecule has 0 bridgehead atoms. The highest BCUT2D eigenvalue weighted by Crippen LogP contribution is 2.31. The highest BCUT2D eigenvalue weighted by molar-refractivity contribution is 5.70. The summed E-state index contributed by atoms with van der Waals surface area (Å²) in [5, 5.41) is 11.7. The number of fused-ring (bicyclic) bond motifs is 1. The van der Waals surface area contributed by atoms with Crippen molar-refractivity contribution in [1.82, 2.24) is 34.7 Å². The molecule has 5 rings (SSSR count). The number of benzene rings is 2. The predicted octanol–water partition coefficient (Wildman–Crippen LogP) is 3.10. The highest BCUT2D eigenvalue weighted by atomic mass is 19.4. The standard InChI is InChI=1S/C21H14F3N7O3/c1-33-15-7-5-14(6-8-15)31-19-17(27-29-31)20(32)30(11-25-19)10-16-26-18(28-34-16)12-3-2-4-13(9-12)21(22,23)24/h2-9,11H,10H2,1H3. The van der Waals surface area contributed by atoms with Crippen molar-refractivity contribution in [2.75, 3.05) is 7.11 Å². The zero-order valence-electron chi connectivity index (χ0n) is 17.4. The van der Waals surface area contributed by atoms with Crippen molar-refractivity contribution in [3.8, 4) is 22.8 Å². The molecule has 0 saturated heterocycles. The predicted molar refractivity (Wildman–Crippen MR) is 111 cm³/mol. The van der Waals surface area contributed by atoms with Crippen LogP contribution in [0.4, 0.5) is 13.2 Å². The number of halogens is 3. The second-order valence-electron chi connectivity index (χ2n) is 7.14. The Labute approximate surface area is 188 Å². The molecule has 34 heavy (non-hydrogen) atoms. The Bertz CT molecular complexity index is 1540. The Hall–Kier alpha value is -4.55. The summed E-state index contributed by atoms with van der Waals surface area (Å²) < 4.78 is 51.8. The van der Waals surface area contributed by atoms with Gasteiger partial charge < -0.3 is 9.26 Å². The van der Waals surface area contributed by atoms with Crippen LogP contribution in [-0.4, -0.2) is 41.8 Å². The molecule has 0 saturated carbocycles. The summed E-state index contributed by atoms with van der Waals surface area (Å²) in [6.45, 7) is -0.150. The lowest BCUT2D eigenvalue weighted by atomic mass is 10.1. The van der Waals surface area contributed by atoms with Gasteiger partial charge in [0.1, 0.15) is 18.6 Å². The summed E-state index contributed by atoms with van der Waals surface area (Å²) >= 11 is 0. The van der Waals surface area contributed by atoms with Crippen LogP contribution in [0.5, 0.6) is 5.75 Å². The Morgan fingerprint density at radius 1 is 1.12 bits per heavy atom. The van der Waals surface area contributed by atoms with Gasteiger partial charge in [-0.3, -0.25) is 9.36 Å². The molecule has 0 radical (unpaired) electrons. The highest BCUT2D eigenvalue weighted by Gasteiger charge is 2.30. The van der Waals surface area contributed by atoms with E-state index in [2.05, 4.69) is 25.4 Å². The SMILES string of the molecule is COc1ccc(-n2nnc3c(=O)n(Cc4nc(-c5cccc(C(F)(F)F)c5)no4)cnc32)cc1. The number of rotatable bonds is 5. The molecule has 0 aliphatic heterocycles. The number of hydrogen-bond acceptors (Lipinski definition) is 8. The second-order valence-corrected chi connectivity index (χ2v) is 7.14. The molecular formula is C21H14F3N7O3. The third kappa shape index (κ3) is 3.87. The van der Waals surface area contributed by atoms with Gasteiger partial charge >= 0.3 is 6.18 Å². The van der Waals surface area contributed by atoms with Crippen LogP contribution in [0.15, 0.2) is 64.2 Å². The monoisotopic (exact) mass is 469 g/mol. The molecule has 0 aliphatic rings. The molecule has 0 aliphatic carbocycles. The fraction of sp³-hybridized carbons (Fsp3) is 0.143. The van der Waals surface area contributed by atoms with Crippen LogP contribution in [0.2, 0.25) is 0 Å². The number of hydrogen-bond donors (Lipinski definition) is 0. The van der Waals surface area contributed by atoms with Gasteiger partial charge in [-0.25, -0.2) is 4.98 Å². The van der Waals surface area contributed by atoms with Crippen molar-refractivity contribution in [3.63, 3.8) is 0 Å². The third-order valence-corrected chi connectivity index (χ3v) is 4.97. The van der Waals surface area contributed by atoms with Gasteiger partial charge in [-0.15, -0.1) is 5.10 Å². The van der Waals surface area contributed by atoms with Crippen LogP contribution in [0.1, 0.15) is 11.5 Å². The summed E-state index contributed by atoms with van der Waals surface area (Å²) in [6, 6.07) is 11.5. The summed E-state index contributed by atoms with van der Waals surface area (Å²) in [6.07, 6.45) is -3.22. The van der Waals surface area contributed by atoms with E-state index in [1.54, 1.807) is 31.4 Å². The summed E-state index contributed by atoms with van der Waals surface area (Å²) in [5.74, 6) is 0.638. The van der Waals surface area contributed by atoms with Gasteiger partial charge in [0.15, 0.2) is 11.2 Å². The van der Waals surface area contributed by atoms with Crippen LogP contribution in [0.25, 0.3) is 28.2 Å². The molecule has 0 spiro atoms. The quantitative estimate of drug-likeness (QED) is 0.386. The minimum absolute atomic E-state index is 0.0122. The fourth-order valence-corrected chi connectivity index (χ4v) is 3.27.